The van der Waals surface area contributed by atoms with Crippen LogP contribution in [0, 0.1) is 5.92 Å². The molecule has 1 heterocycles. The fourth-order valence-corrected chi connectivity index (χ4v) is 3.75. The Kier molecular flexibility index (Phi) is 7.29. The van der Waals surface area contributed by atoms with Gasteiger partial charge < -0.3 is 14.7 Å². The van der Waals surface area contributed by atoms with E-state index in [1.807, 2.05) is 52.0 Å². The number of amides is 1. The fourth-order valence-electron chi connectivity index (χ4n) is 3.62. The molecule has 0 unspecified atom stereocenters. The molecule has 1 amide bonds. The van der Waals surface area contributed by atoms with Gasteiger partial charge in [-0.25, -0.2) is 0 Å². The monoisotopic (exact) mass is 395 g/mol. The van der Waals surface area contributed by atoms with Crippen LogP contribution < -0.4 is 0 Å². The number of aliphatic hydroxyl groups excluding tert-OH is 1. The summed E-state index contributed by atoms with van der Waals surface area (Å²) >= 11 is 5.99. The van der Waals surface area contributed by atoms with Gasteiger partial charge >= 0.3 is 5.97 Å². The molecule has 5 nitrogen and oxygen atoms in total. The van der Waals surface area contributed by atoms with Crippen LogP contribution in [0.15, 0.2) is 24.3 Å². The number of likely N-dealkylation sites (tertiary alicyclic amines) is 1. The van der Waals surface area contributed by atoms with Crippen LogP contribution in [0.4, 0.5) is 0 Å². The number of carbonyl (C=O) groups excluding carboxylic acids is 2. The van der Waals surface area contributed by atoms with Crippen molar-refractivity contribution >= 4 is 23.5 Å². The van der Waals surface area contributed by atoms with E-state index in [4.69, 9.17) is 16.3 Å². The lowest BCUT2D eigenvalue weighted by atomic mass is 9.85. The van der Waals surface area contributed by atoms with Crippen LogP contribution in [-0.4, -0.2) is 40.1 Å². The zero-order chi connectivity index (χ0) is 20.2. The Labute approximate surface area is 166 Å². The van der Waals surface area contributed by atoms with Crippen molar-refractivity contribution in [3.63, 3.8) is 0 Å². The number of benzene rings is 1. The average Bonchev–Trinajstić information content (AvgIpc) is 2.58. The van der Waals surface area contributed by atoms with Gasteiger partial charge in [-0.3, -0.25) is 9.59 Å². The van der Waals surface area contributed by atoms with Gasteiger partial charge in [0, 0.05) is 10.9 Å². The van der Waals surface area contributed by atoms with E-state index in [1.54, 1.807) is 4.90 Å². The number of ether oxygens (including phenoxy) is 1. The molecule has 0 aromatic heterocycles. The maximum atomic E-state index is 13.2. The van der Waals surface area contributed by atoms with Crippen molar-refractivity contribution < 1.29 is 19.4 Å². The van der Waals surface area contributed by atoms with Gasteiger partial charge in [-0.15, -0.1) is 0 Å². The molecule has 0 spiro atoms. The van der Waals surface area contributed by atoms with Gasteiger partial charge in [0.1, 0.15) is 5.60 Å². The average molecular weight is 396 g/mol. The molecule has 3 atom stereocenters. The molecule has 1 aliphatic heterocycles. The van der Waals surface area contributed by atoms with Crippen molar-refractivity contribution in [3.05, 3.63) is 34.9 Å². The van der Waals surface area contributed by atoms with Gasteiger partial charge in [-0.1, -0.05) is 30.7 Å². The molecule has 6 heteroatoms. The number of piperidine rings is 1. The second kappa shape index (κ2) is 9.07. The maximum absolute atomic E-state index is 13.2. The third-order valence-electron chi connectivity index (χ3n) is 4.89. The highest BCUT2D eigenvalue weighted by Crippen LogP contribution is 2.38. The zero-order valence-electron chi connectivity index (χ0n) is 16.6. The minimum Gasteiger partial charge on any atom is -0.460 e. The summed E-state index contributed by atoms with van der Waals surface area (Å²) in [7, 11) is 0. The molecule has 1 aliphatic rings. The molecule has 2 rings (SSSR count). The lowest BCUT2D eigenvalue weighted by Crippen LogP contribution is -2.50. The quantitative estimate of drug-likeness (QED) is 0.735. The van der Waals surface area contributed by atoms with Crippen LogP contribution in [0.3, 0.4) is 0 Å². The molecule has 1 saturated heterocycles. The van der Waals surface area contributed by atoms with Crippen molar-refractivity contribution in [1.82, 2.24) is 4.90 Å². The van der Waals surface area contributed by atoms with Crippen LogP contribution >= 0.6 is 11.6 Å². The number of aliphatic hydroxyl groups is 1. The number of hydrogen-bond acceptors (Lipinski definition) is 4. The minimum atomic E-state index is -0.572. The molecule has 0 aliphatic carbocycles. The Balaban J connectivity index is 2.22. The highest BCUT2D eigenvalue weighted by atomic mass is 35.5. The largest absolute Gasteiger partial charge is 0.460 e. The predicted octanol–water partition coefficient (Wildman–Crippen LogP) is 4.12. The molecular weight excluding hydrogens is 366 g/mol. The third-order valence-corrected chi connectivity index (χ3v) is 5.14. The second-order valence-electron chi connectivity index (χ2n) is 8.12. The van der Waals surface area contributed by atoms with Gasteiger partial charge in [0.15, 0.2) is 0 Å². The number of rotatable bonds is 6. The third kappa shape index (κ3) is 5.69. The fraction of sp³-hybridized carbons (Fsp3) is 0.619. The summed E-state index contributed by atoms with van der Waals surface area (Å²) in [5.41, 5.74) is 0.424. The van der Waals surface area contributed by atoms with Crippen LogP contribution in [0.25, 0.3) is 0 Å². The van der Waals surface area contributed by atoms with Gasteiger partial charge in [0.05, 0.1) is 25.1 Å². The first-order valence-corrected chi connectivity index (χ1v) is 9.94. The van der Waals surface area contributed by atoms with Gasteiger partial charge in [0.2, 0.25) is 5.91 Å². The van der Waals surface area contributed by atoms with E-state index in [0.29, 0.717) is 17.9 Å². The molecule has 1 aromatic carbocycles. The minimum absolute atomic E-state index is 0.0712. The number of esters is 1. The number of hydrogen-bond donors (Lipinski definition) is 1. The van der Waals surface area contributed by atoms with Crippen molar-refractivity contribution in [1.29, 1.82) is 0 Å². The van der Waals surface area contributed by atoms with Gasteiger partial charge in [-0.05, 0) is 57.7 Å². The smallest absolute Gasteiger partial charge is 0.307 e. The first-order valence-electron chi connectivity index (χ1n) is 9.56. The molecule has 150 valence electrons. The molecule has 0 saturated carbocycles. The van der Waals surface area contributed by atoms with Crippen molar-refractivity contribution in [2.75, 3.05) is 6.61 Å². The first kappa shape index (κ1) is 21.7. The van der Waals surface area contributed by atoms with Crippen molar-refractivity contribution in [3.8, 4) is 0 Å². The topological polar surface area (TPSA) is 66.8 Å². The Bertz CT molecular complexity index is 649. The lowest BCUT2D eigenvalue weighted by Gasteiger charge is -2.43. The summed E-state index contributed by atoms with van der Waals surface area (Å²) < 4.78 is 5.39. The summed E-state index contributed by atoms with van der Waals surface area (Å²) in [5.74, 6) is -0.861. The maximum Gasteiger partial charge on any atom is 0.307 e. The highest BCUT2D eigenvalue weighted by molar-refractivity contribution is 6.30. The molecule has 1 aromatic rings. The van der Waals surface area contributed by atoms with Crippen molar-refractivity contribution in [2.24, 2.45) is 5.92 Å². The number of carbonyl (C=O) groups is 2. The predicted molar refractivity (Wildman–Crippen MR) is 105 cm³/mol. The Morgan fingerprint density at radius 1 is 1.30 bits per heavy atom. The Morgan fingerprint density at radius 3 is 2.44 bits per heavy atom. The standard InChI is InChI=1S/C21H30ClNO4/c1-5-17(13-24)23-18(14-6-9-16(22)10-7-14)11-8-15(20(23)26)12-19(25)27-21(2,3)4/h6-7,9-10,15,17-18,24H,5,8,11-13H2,1-4H3/t15-,17+,18+/m1/s1. The summed E-state index contributed by atoms with van der Waals surface area (Å²) in [6, 6.07) is 7.07. The van der Waals surface area contributed by atoms with E-state index >= 15 is 0 Å². The second-order valence-corrected chi connectivity index (χ2v) is 8.56. The van der Waals surface area contributed by atoms with Crippen LogP contribution in [0.1, 0.15) is 65.0 Å². The van der Waals surface area contributed by atoms with E-state index < -0.39 is 11.5 Å². The van der Waals surface area contributed by atoms with Gasteiger partial charge in [0.25, 0.3) is 0 Å². The summed E-state index contributed by atoms with van der Waals surface area (Å²) in [6.45, 7) is 7.29. The summed E-state index contributed by atoms with van der Waals surface area (Å²) in [4.78, 5) is 27.2. The van der Waals surface area contributed by atoms with E-state index in [0.717, 1.165) is 12.0 Å². The number of halogens is 1. The van der Waals surface area contributed by atoms with Crippen molar-refractivity contribution in [2.45, 2.75) is 71.1 Å². The van der Waals surface area contributed by atoms with Gasteiger partial charge in [-0.2, -0.15) is 0 Å². The molecule has 1 N–H and O–H groups in total. The van der Waals surface area contributed by atoms with E-state index in [1.165, 1.54) is 0 Å². The lowest BCUT2D eigenvalue weighted by molar-refractivity contribution is -0.161. The summed E-state index contributed by atoms with van der Waals surface area (Å²) in [6.07, 6.45) is 2.06. The molecular formula is C21H30ClNO4. The van der Waals surface area contributed by atoms with E-state index in [9.17, 15) is 14.7 Å². The Hall–Kier alpha value is -1.59. The van der Waals surface area contributed by atoms with E-state index in [2.05, 4.69) is 0 Å². The van der Waals surface area contributed by atoms with Crippen LogP contribution in [0.2, 0.25) is 5.02 Å². The highest BCUT2D eigenvalue weighted by Gasteiger charge is 2.40. The van der Waals surface area contributed by atoms with Crippen LogP contribution in [0.5, 0.6) is 0 Å². The van der Waals surface area contributed by atoms with E-state index in [-0.39, 0.29) is 37.0 Å². The van der Waals surface area contributed by atoms with Crippen LogP contribution in [-0.2, 0) is 14.3 Å². The SMILES string of the molecule is CC[C@@H](CO)N1C(=O)[C@@H](CC(=O)OC(C)(C)C)CC[C@H]1c1ccc(Cl)cc1. The summed E-state index contributed by atoms with van der Waals surface area (Å²) in [5, 5.41) is 10.5. The molecule has 0 radical (unpaired) electrons. The first-order chi connectivity index (χ1) is 12.7. The molecule has 1 fully saturated rings. The zero-order valence-corrected chi connectivity index (χ0v) is 17.3. The normalized spacial score (nSPS) is 21.9. The number of nitrogens with zero attached hydrogens (tertiary/aromatic N) is 1. The molecule has 0 bridgehead atoms. The molecule has 27 heavy (non-hydrogen) atoms. The Morgan fingerprint density at radius 2 is 1.93 bits per heavy atom.